The third-order valence-corrected chi connectivity index (χ3v) is 4.06. The first kappa shape index (κ1) is 15.3. The summed E-state index contributed by atoms with van der Waals surface area (Å²) >= 11 is 0. The van der Waals surface area contributed by atoms with E-state index < -0.39 is 0 Å². The Morgan fingerprint density at radius 1 is 0.957 bits per heavy atom. The zero-order chi connectivity index (χ0) is 16.2. The van der Waals surface area contributed by atoms with E-state index in [1.807, 2.05) is 30.0 Å². The van der Waals surface area contributed by atoms with Crippen LogP contribution in [0, 0.1) is 6.92 Å². The molecule has 2 amide bonds. The van der Waals surface area contributed by atoms with E-state index in [1.54, 1.807) is 30.3 Å². The zero-order valence-electron chi connectivity index (χ0n) is 13.2. The number of hydrogen-bond acceptors (Lipinski definition) is 2. The maximum Gasteiger partial charge on any atom is 0.255 e. The summed E-state index contributed by atoms with van der Waals surface area (Å²) in [6, 6.07) is 14.5. The van der Waals surface area contributed by atoms with Gasteiger partial charge in [0.15, 0.2) is 0 Å². The predicted molar refractivity (Wildman–Crippen MR) is 90.7 cm³/mol. The monoisotopic (exact) mass is 308 g/mol. The van der Waals surface area contributed by atoms with E-state index in [0.717, 1.165) is 31.5 Å². The second-order valence-electron chi connectivity index (χ2n) is 5.90. The lowest BCUT2D eigenvalue weighted by atomic mass is 10.1. The molecule has 1 aliphatic rings. The van der Waals surface area contributed by atoms with Gasteiger partial charge in [-0.25, -0.2) is 0 Å². The van der Waals surface area contributed by atoms with Gasteiger partial charge in [-0.1, -0.05) is 17.7 Å². The highest BCUT2D eigenvalue weighted by Gasteiger charge is 2.19. The van der Waals surface area contributed by atoms with E-state index in [2.05, 4.69) is 5.32 Å². The van der Waals surface area contributed by atoms with Crippen molar-refractivity contribution in [3.63, 3.8) is 0 Å². The van der Waals surface area contributed by atoms with Crippen LogP contribution in [0.5, 0.6) is 0 Å². The van der Waals surface area contributed by atoms with Crippen LogP contribution in [0.25, 0.3) is 0 Å². The number of nitrogens with one attached hydrogen (secondary N) is 1. The molecular formula is C19H20N2O2. The lowest BCUT2D eigenvalue weighted by Gasteiger charge is -2.15. The molecule has 2 aromatic rings. The lowest BCUT2D eigenvalue weighted by Crippen LogP contribution is -2.27. The van der Waals surface area contributed by atoms with E-state index in [9.17, 15) is 9.59 Å². The summed E-state index contributed by atoms with van der Waals surface area (Å²) in [5, 5.41) is 2.86. The molecule has 0 radical (unpaired) electrons. The van der Waals surface area contributed by atoms with E-state index in [0.29, 0.717) is 16.8 Å². The Balaban J connectivity index is 1.67. The third kappa shape index (κ3) is 3.59. The molecule has 23 heavy (non-hydrogen) atoms. The van der Waals surface area contributed by atoms with Gasteiger partial charge in [0.05, 0.1) is 0 Å². The predicted octanol–water partition coefficient (Wildman–Crippen LogP) is 3.48. The number of benzene rings is 2. The molecule has 2 aromatic carbocycles. The molecule has 1 fully saturated rings. The van der Waals surface area contributed by atoms with Crippen LogP contribution < -0.4 is 5.32 Å². The largest absolute Gasteiger partial charge is 0.339 e. The number of rotatable bonds is 3. The van der Waals surface area contributed by atoms with Gasteiger partial charge in [-0.2, -0.15) is 0 Å². The summed E-state index contributed by atoms with van der Waals surface area (Å²) < 4.78 is 0. The van der Waals surface area contributed by atoms with Crippen LogP contribution in [0.2, 0.25) is 0 Å². The smallest absolute Gasteiger partial charge is 0.255 e. The van der Waals surface area contributed by atoms with Crippen LogP contribution in [0.3, 0.4) is 0 Å². The van der Waals surface area contributed by atoms with E-state index in [4.69, 9.17) is 0 Å². The molecule has 0 saturated carbocycles. The highest BCUT2D eigenvalue weighted by atomic mass is 16.2. The first-order chi connectivity index (χ1) is 11.1. The first-order valence-corrected chi connectivity index (χ1v) is 7.91. The van der Waals surface area contributed by atoms with Crippen molar-refractivity contribution in [1.29, 1.82) is 0 Å². The lowest BCUT2D eigenvalue weighted by molar-refractivity contribution is 0.0792. The van der Waals surface area contributed by atoms with Crippen LogP contribution in [0.15, 0.2) is 48.5 Å². The Bertz CT molecular complexity index is 716. The number of aryl methyl sites for hydroxylation is 1. The summed E-state index contributed by atoms with van der Waals surface area (Å²) in [4.78, 5) is 26.4. The number of carbonyl (C=O) groups excluding carboxylic acids is 2. The number of hydrogen-bond donors (Lipinski definition) is 1. The van der Waals surface area contributed by atoms with Crippen molar-refractivity contribution in [3.8, 4) is 0 Å². The minimum absolute atomic E-state index is 0.0686. The summed E-state index contributed by atoms with van der Waals surface area (Å²) in [5.41, 5.74) is 3.03. The Hall–Kier alpha value is -2.62. The van der Waals surface area contributed by atoms with Gasteiger partial charge in [0, 0.05) is 29.9 Å². The van der Waals surface area contributed by atoms with Gasteiger partial charge in [0.25, 0.3) is 11.8 Å². The topological polar surface area (TPSA) is 49.4 Å². The molecule has 1 saturated heterocycles. The highest BCUT2D eigenvalue weighted by Crippen LogP contribution is 2.16. The van der Waals surface area contributed by atoms with Crippen molar-refractivity contribution in [2.45, 2.75) is 19.8 Å². The van der Waals surface area contributed by atoms with Gasteiger partial charge in [-0.15, -0.1) is 0 Å². The van der Waals surface area contributed by atoms with Crippen LogP contribution >= 0.6 is 0 Å². The van der Waals surface area contributed by atoms with E-state index in [-0.39, 0.29) is 11.8 Å². The first-order valence-electron chi connectivity index (χ1n) is 7.91. The quantitative estimate of drug-likeness (QED) is 0.943. The van der Waals surface area contributed by atoms with Crippen LogP contribution in [0.1, 0.15) is 39.1 Å². The maximum atomic E-state index is 12.3. The highest BCUT2D eigenvalue weighted by molar-refractivity contribution is 6.04. The molecule has 0 spiro atoms. The Kier molecular flexibility index (Phi) is 4.42. The van der Waals surface area contributed by atoms with Crippen LogP contribution in [0.4, 0.5) is 5.69 Å². The maximum absolute atomic E-state index is 12.3. The van der Waals surface area contributed by atoms with Gasteiger partial charge in [0.2, 0.25) is 0 Å². The molecule has 1 aliphatic heterocycles. The average Bonchev–Trinajstić information content (AvgIpc) is 3.09. The van der Waals surface area contributed by atoms with Crippen molar-refractivity contribution in [3.05, 3.63) is 65.2 Å². The number of likely N-dealkylation sites (tertiary alicyclic amines) is 1. The Labute approximate surface area is 136 Å². The van der Waals surface area contributed by atoms with Gasteiger partial charge in [0.1, 0.15) is 0 Å². The fourth-order valence-electron chi connectivity index (χ4n) is 2.79. The molecule has 118 valence electrons. The Morgan fingerprint density at radius 3 is 2.30 bits per heavy atom. The van der Waals surface area contributed by atoms with Crippen molar-refractivity contribution >= 4 is 17.5 Å². The number of carbonyl (C=O) groups is 2. The zero-order valence-corrected chi connectivity index (χ0v) is 13.2. The number of amides is 2. The molecule has 0 unspecified atom stereocenters. The standard InChI is InChI=1S/C19H20N2O2/c1-14-5-4-6-16(13-14)18(22)20-17-9-7-15(8-10-17)19(23)21-11-2-3-12-21/h4-10,13H,2-3,11-12H2,1H3,(H,20,22). The average molecular weight is 308 g/mol. The molecular weight excluding hydrogens is 288 g/mol. The fourth-order valence-corrected chi connectivity index (χ4v) is 2.79. The second-order valence-corrected chi connectivity index (χ2v) is 5.90. The molecule has 0 bridgehead atoms. The van der Waals surface area contributed by atoms with Crippen LogP contribution in [-0.4, -0.2) is 29.8 Å². The Morgan fingerprint density at radius 2 is 1.65 bits per heavy atom. The van der Waals surface area contributed by atoms with Crippen molar-refractivity contribution in [2.75, 3.05) is 18.4 Å². The van der Waals surface area contributed by atoms with Crippen molar-refractivity contribution < 1.29 is 9.59 Å². The summed E-state index contributed by atoms with van der Waals surface area (Å²) in [5.74, 6) is -0.0774. The summed E-state index contributed by atoms with van der Waals surface area (Å²) in [6.07, 6.45) is 2.16. The number of nitrogens with zero attached hydrogens (tertiary/aromatic N) is 1. The number of anilines is 1. The molecule has 4 heteroatoms. The van der Waals surface area contributed by atoms with Gasteiger partial charge >= 0.3 is 0 Å². The summed E-state index contributed by atoms with van der Waals surface area (Å²) in [7, 11) is 0. The van der Waals surface area contributed by atoms with Crippen LogP contribution in [-0.2, 0) is 0 Å². The fraction of sp³-hybridized carbons (Fsp3) is 0.263. The van der Waals surface area contributed by atoms with Gasteiger partial charge in [-0.05, 0) is 56.2 Å². The normalized spacial score (nSPS) is 13.9. The van der Waals surface area contributed by atoms with E-state index in [1.165, 1.54) is 0 Å². The van der Waals surface area contributed by atoms with Crippen molar-refractivity contribution in [2.24, 2.45) is 0 Å². The SMILES string of the molecule is Cc1cccc(C(=O)Nc2ccc(C(=O)N3CCCC3)cc2)c1. The third-order valence-electron chi connectivity index (χ3n) is 4.06. The minimum Gasteiger partial charge on any atom is -0.339 e. The molecule has 0 aliphatic carbocycles. The van der Waals surface area contributed by atoms with E-state index >= 15 is 0 Å². The molecule has 1 heterocycles. The molecule has 0 aromatic heterocycles. The summed E-state index contributed by atoms with van der Waals surface area (Å²) in [6.45, 7) is 3.63. The van der Waals surface area contributed by atoms with Gasteiger partial charge in [-0.3, -0.25) is 9.59 Å². The molecule has 0 atom stereocenters. The minimum atomic E-state index is -0.146. The molecule has 1 N–H and O–H groups in total. The second kappa shape index (κ2) is 6.65. The molecule has 3 rings (SSSR count). The van der Waals surface area contributed by atoms with Crippen molar-refractivity contribution in [1.82, 2.24) is 4.90 Å². The van der Waals surface area contributed by atoms with Gasteiger partial charge < -0.3 is 10.2 Å². The molecule has 4 nitrogen and oxygen atoms in total.